The number of rotatable bonds is 5. The van der Waals surface area contributed by atoms with Crippen LogP contribution in [0.25, 0.3) is 0 Å². The maximum absolute atomic E-state index is 9.89. The normalized spacial score (nSPS) is 11.2. The van der Waals surface area contributed by atoms with E-state index in [9.17, 15) is 5.11 Å². The number of aryl methyl sites for hydroxylation is 1. The molecule has 0 aliphatic rings. The Hall–Kier alpha value is -2.30. The van der Waals surface area contributed by atoms with Crippen LogP contribution in [-0.4, -0.2) is 29.6 Å². The molecule has 106 valence electrons. The molecule has 2 rings (SSSR count). The van der Waals surface area contributed by atoms with Gasteiger partial charge in [0.05, 0.1) is 0 Å². The van der Waals surface area contributed by atoms with Crippen LogP contribution in [0.3, 0.4) is 0 Å². The second kappa shape index (κ2) is 6.23. The lowest BCUT2D eigenvalue weighted by molar-refractivity contribution is 0.399. The van der Waals surface area contributed by atoms with E-state index in [1.165, 1.54) is 0 Å². The zero-order valence-electron chi connectivity index (χ0n) is 12.0. The van der Waals surface area contributed by atoms with Gasteiger partial charge >= 0.3 is 0 Å². The predicted octanol–water partition coefficient (Wildman–Crippen LogP) is 3.29. The molecule has 5 nitrogen and oxygen atoms in total. The summed E-state index contributed by atoms with van der Waals surface area (Å²) in [4.78, 5) is 6.41. The first-order valence-electron chi connectivity index (χ1n) is 6.69. The van der Waals surface area contributed by atoms with Crippen molar-refractivity contribution in [3.63, 3.8) is 0 Å². The monoisotopic (exact) mass is 273 g/mol. The predicted molar refractivity (Wildman–Crippen MR) is 80.2 cm³/mol. The fourth-order valence-corrected chi connectivity index (χ4v) is 1.98. The summed E-state index contributed by atoms with van der Waals surface area (Å²) in [5.41, 5.74) is 1.72. The maximum Gasteiger partial charge on any atom is 0.195 e. The van der Waals surface area contributed by atoms with Crippen LogP contribution in [0.1, 0.15) is 25.2 Å². The number of aromatic nitrogens is 1. The Balaban J connectivity index is 2.26. The van der Waals surface area contributed by atoms with E-state index in [4.69, 9.17) is 4.52 Å². The highest BCUT2D eigenvalue weighted by molar-refractivity contribution is 5.86. The molecule has 1 heterocycles. The van der Waals surface area contributed by atoms with Crippen molar-refractivity contribution in [3.05, 3.63) is 35.6 Å². The summed E-state index contributed by atoms with van der Waals surface area (Å²) in [5, 5.41) is 13.7. The van der Waals surface area contributed by atoms with Crippen molar-refractivity contribution >= 4 is 17.7 Å². The van der Waals surface area contributed by atoms with Gasteiger partial charge in [-0.15, -0.1) is 0 Å². The lowest BCUT2D eigenvalue weighted by Crippen LogP contribution is -2.21. The Kier molecular flexibility index (Phi) is 4.40. The van der Waals surface area contributed by atoms with Gasteiger partial charge in [0.15, 0.2) is 5.82 Å². The number of aliphatic imine (C=N–C) groups is 1. The van der Waals surface area contributed by atoms with Gasteiger partial charge in [-0.25, -0.2) is 4.99 Å². The molecule has 0 atom stereocenters. The van der Waals surface area contributed by atoms with E-state index < -0.39 is 0 Å². The smallest absolute Gasteiger partial charge is 0.195 e. The summed E-state index contributed by atoms with van der Waals surface area (Å²) in [6.07, 6.45) is 1.60. The highest BCUT2D eigenvalue weighted by Gasteiger charge is 2.06. The summed E-state index contributed by atoms with van der Waals surface area (Å²) < 4.78 is 4.95. The molecule has 0 radical (unpaired) electrons. The highest BCUT2D eigenvalue weighted by Crippen LogP contribution is 2.23. The van der Waals surface area contributed by atoms with Gasteiger partial charge < -0.3 is 14.5 Å². The summed E-state index contributed by atoms with van der Waals surface area (Å²) in [7, 11) is 0. The Labute approximate surface area is 118 Å². The third-order valence-electron chi connectivity index (χ3n) is 3.09. The molecule has 20 heavy (non-hydrogen) atoms. The molecule has 5 heteroatoms. The lowest BCUT2D eigenvalue weighted by atomic mass is 10.1. The molecule has 0 bridgehead atoms. The molecule has 1 aromatic heterocycles. The standard InChI is InChI=1S/C15H19N3O2/c1-4-18(5-2)13-6-7-14(19)12(9-13)10-16-15-8-11(3)20-17-15/h6-10,19H,4-5H2,1-3H3. The first-order valence-corrected chi connectivity index (χ1v) is 6.69. The van der Waals surface area contributed by atoms with E-state index in [2.05, 4.69) is 28.9 Å². The van der Waals surface area contributed by atoms with Crippen molar-refractivity contribution in [1.82, 2.24) is 5.16 Å². The molecule has 0 fully saturated rings. The van der Waals surface area contributed by atoms with Crippen LogP contribution in [0.15, 0.2) is 33.8 Å². The Morgan fingerprint density at radius 3 is 2.65 bits per heavy atom. The number of phenolic OH excluding ortho intramolecular Hbond substituents is 1. The van der Waals surface area contributed by atoms with Gasteiger partial charge in [-0.05, 0) is 39.0 Å². The van der Waals surface area contributed by atoms with Gasteiger partial charge in [-0.1, -0.05) is 5.16 Å². The minimum absolute atomic E-state index is 0.199. The molecular formula is C15H19N3O2. The summed E-state index contributed by atoms with van der Waals surface area (Å²) in [5.74, 6) is 1.40. The molecule has 2 aromatic rings. The fourth-order valence-electron chi connectivity index (χ4n) is 1.98. The molecule has 0 amide bonds. The SMILES string of the molecule is CCN(CC)c1ccc(O)c(C=Nc2cc(C)on2)c1. The Morgan fingerprint density at radius 1 is 1.30 bits per heavy atom. The number of hydrogen-bond donors (Lipinski definition) is 1. The van der Waals surface area contributed by atoms with Crippen molar-refractivity contribution < 1.29 is 9.63 Å². The molecule has 0 aliphatic heterocycles. The van der Waals surface area contributed by atoms with Crippen molar-refractivity contribution in [3.8, 4) is 5.75 Å². The van der Waals surface area contributed by atoms with Crippen molar-refractivity contribution in [2.24, 2.45) is 4.99 Å². The van der Waals surface area contributed by atoms with Crippen LogP contribution >= 0.6 is 0 Å². The number of aromatic hydroxyl groups is 1. The molecule has 0 saturated heterocycles. The van der Waals surface area contributed by atoms with E-state index in [1.807, 2.05) is 19.1 Å². The van der Waals surface area contributed by atoms with E-state index in [-0.39, 0.29) is 5.75 Å². The van der Waals surface area contributed by atoms with Crippen LogP contribution in [0.4, 0.5) is 11.5 Å². The summed E-state index contributed by atoms with van der Waals surface area (Å²) in [6.45, 7) is 7.84. The first-order chi connectivity index (χ1) is 9.63. The van der Waals surface area contributed by atoms with Crippen molar-refractivity contribution in [2.45, 2.75) is 20.8 Å². The minimum atomic E-state index is 0.199. The van der Waals surface area contributed by atoms with Crippen LogP contribution in [0.2, 0.25) is 0 Å². The van der Waals surface area contributed by atoms with E-state index >= 15 is 0 Å². The molecule has 0 aliphatic carbocycles. The van der Waals surface area contributed by atoms with Gasteiger partial charge in [-0.3, -0.25) is 0 Å². The Morgan fingerprint density at radius 2 is 2.05 bits per heavy atom. The van der Waals surface area contributed by atoms with Gasteiger partial charge in [0.1, 0.15) is 11.5 Å². The molecule has 0 unspecified atom stereocenters. The number of phenols is 1. The molecular weight excluding hydrogens is 254 g/mol. The largest absolute Gasteiger partial charge is 0.507 e. The van der Waals surface area contributed by atoms with Crippen molar-refractivity contribution in [1.29, 1.82) is 0 Å². The average Bonchev–Trinajstić information content (AvgIpc) is 2.86. The van der Waals surface area contributed by atoms with Crippen LogP contribution in [0.5, 0.6) is 5.75 Å². The quantitative estimate of drug-likeness (QED) is 0.849. The zero-order chi connectivity index (χ0) is 14.5. The number of hydrogen-bond acceptors (Lipinski definition) is 5. The first kappa shape index (κ1) is 14.1. The molecule has 0 spiro atoms. The van der Waals surface area contributed by atoms with Crippen LogP contribution < -0.4 is 4.90 Å². The molecule has 1 N–H and O–H groups in total. The number of nitrogens with zero attached hydrogens (tertiary/aromatic N) is 3. The van der Waals surface area contributed by atoms with E-state index in [0.717, 1.165) is 18.8 Å². The molecule has 0 saturated carbocycles. The van der Waals surface area contributed by atoms with Crippen molar-refractivity contribution in [2.75, 3.05) is 18.0 Å². The number of benzene rings is 1. The fraction of sp³-hybridized carbons (Fsp3) is 0.333. The molecule has 1 aromatic carbocycles. The second-order valence-corrected chi connectivity index (χ2v) is 4.47. The van der Waals surface area contributed by atoms with E-state index in [1.54, 1.807) is 18.3 Å². The lowest BCUT2D eigenvalue weighted by Gasteiger charge is -2.21. The summed E-state index contributed by atoms with van der Waals surface area (Å²) in [6, 6.07) is 7.24. The maximum atomic E-state index is 9.89. The van der Waals surface area contributed by atoms with Gasteiger partial charge in [0.25, 0.3) is 0 Å². The minimum Gasteiger partial charge on any atom is -0.507 e. The van der Waals surface area contributed by atoms with Gasteiger partial charge in [0.2, 0.25) is 0 Å². The number of anilines is 1. The highest BCUT2D eigenvalue weighted by atomic mass is 16.5. The zero-order valence-corrected chi connectivity index (χ0v) is 12.0. The average molecular weight is 273 g/mol. The Bertz CT molecular complexity index is 601. The van der Waals surface area contributed by atoms with Gasteiger partial charge in [0, 0.05) is 36.6 Å². The van der Waals surface area contributed by atoms with E-state index in [0.29, 0.717) is 17.1 Å². The third-order valence-corrected chi connectivity index (χ3v) is 3.09. The van der Waals surface area contributed by atoms with Crippen LogP contribution in [0, 0.1) is 6.92 Å². The van der Waals surface area contributed by atoms with Crippen LogP contribution in [-0.2, 0) is 0 Å². The second-order valence-electron chi connectivity index (χ2n) is 4.47. The third kappa shape index (κ3) is 3.17. The summed E-state index contributed by atoms with van der Waals surface area (Å²) >= 11 is 0. The topological polar surface area (TPSA) is 61.9 Å². The van der Waals surface area contributed by atoms with Gasteiger partial charge in [-0.2, -0.15) is 0 Å².